The van der Waals surface area contributed by atoms with E-state index in [4.69, 9.17) is 23.2 Å². The van der Waals surface area contributed by atoms with E-state index >= 15 is 0 Å². The Kier molecular flexibility index (Phi) is 4.20. The molecule has 6 heteroatoms. The van der Waals surface area contributed by atoms with Crippen LogP contribution in [0.4, 0.5) is 5.69 Å². The second kappa shape index (κ2) is 5.48. The van der Waals surface area contributed by atoms with Crippen molar-refractivity contribution in [3.63, 3.8) is 0 Å². The summed E-state index contributed by atoms with van der Waals surface area (Å²) in [4.78, 5) is 1.19. The minimum atomic E-state index is -0.0854. The van der Waals surface area contributed by atoms with Crippen LogP contribution in [-0.2, 0) is 6.54 Å². The number of aromatic hydroxyl groups is 1. The van der Waals surface area contributed by atoms with Crippen LogP contribution in [-0.4, -0.2) is 5.11 Å². The second-order valence-electron chi connectivity index (χ2n) is 3.35. The Morgan fingerprint density at radius 3 is 2.41 bits per heavy atom. The third-order valence-electron chi connectivity index (χ3n) is 2.11. The molecule has 1 aromatic heterocycles. The maximum atomic E-state index is 9.42. The highest BCUT2D eigenvalue weighted by Crippen LogP contribution is 2.35. The van der Waals surface area contributed by atoms with Crippen LogP contribution < -0.4 is 5.32 Å². The molecule has 0 aliphatic carbocycles. The van der Waals surface area contributed by atoms with E-state index in [0.29, 0.717) is 6.54 Å². The Bertz CT molecular complexity index is 521. The summed E-state index contributed by atoms with van der Waals surface area (Å²) in [5.74, 6) is -0.0854. The van der Waals surface area contributed by atoms with Crippen molar-refractivity contribution in [3.8, 4) is 5.75 Å². The van der Waals surface area contributed by atoms with E-state index in [1.54, 1.807) is 23.5 Å². The van der Waals surface area contributed by atoms with Crippen molar-refractivity contribution in [2.75, 3.05) is 5.32 Å². The first-order valence-electron chi connectivity index (χ1n) is 4.72. The summed E-state index contributed by atoms with van der Waals surface area (Å²) in [6, 6.07) is 7.32. The summed E-state index contributed by atoms with van der Waals surface area (Å²) in [5.41, 5.74) is 0.780. The van der Waals surface area contributed by atoms with Crippen LogP contribution in [0.1, 0.15) is 4.88 Å². The maximum absolute atomic E-state index is 9.42. The fraction of sp³-hybridized carbons (Fsp3) is 0.0909. The van der Waals surface area contributed by atoms with Gasteiger partial charge in [0.2, 0.25) is 0 Å². The molecule has 2 rings (SSSR count). The van der Waals surface area contributed by atoms with Gasteiger partial charge in [0.1, 0.15) is 0 Å². The van der Waals surface area contributed by atoms with Gasteiger partial charge in [-0.05, 0) is 40.2 Å². The van der Waals surface area contributed by atoms with Gasteiger partial charge in [0, 0.05) is 17.1 Å². The summed E-state index contributed by atoms with van der Waals surface area (Å²) in [6.07, 6.45) is 0. The van der Waals surface area contributed by atoms with Gasteiger partial charge in [-0.1, -0.05) is 23.2 Å². The molecule has 2 nitrogen and oxygen atoms in total. The van der Waals surface area contributed by atoms with E-state index in [1.165, 1.54) is 4.88 Å². The van der Waals surface area contributed by atoms with Crippen molar-refractivity contribution >= 4 is 56.2 Å². The molecule has 0 fully saturated rings. The van der Waals surface area contributed by atoms with Crippen LogP contribution >= 0.6 is 50.5 Å². The third kappa shape index (κ3) is 3.28. The first-order chi connectivity index (χ1) is 8.06. The number of phenolic OH excluding ortho intramolecular Hbond substituents is 1. The number of anilines is 1. The molecule has 17 heavy (non-hydrogen) atoms. The van der Waals surface area contributed by atoms with Crippen LogP contribution in [0.15, 0.2) is 28.1 Å². The molecule has 0 aliphatic rings. The molecular weight excluding hydrogens is 345 g/mol. The topological polar surface area (TPSA) is 32.3 Å². The molecule has 90 valence electrons. The fourth-order valence-electron chi connectivity index (χ4n) is 1.30. The van der Waals surface area contributed by atoms with E-state index in [1.807, 2.05) is 12.1 Å². The van der Waals surface area contributed by atoms with Gasteiger partial charge in [-0.3, -0.25) is 0 Å². The van der Waals surface area contributed by atoms with E-state index in [2.05, 4.69) is 21.2 Å². The molecule has 0 atom stereocenters. The lowest BCUT2D eigenvalue weighted by Gasteiger charge is -2.07. The van der Waals surface area contributed by atoms with Gasteiger partial charge in [0.25, 0.3) is 0 Å². The van der Waals surface area contributed by atoms with Gasteiger partial charge in [-0.2, -0.15) is 0 Å². The largest absolute Gasteiger partial charge is 0.505 e. The minimum Gasteiger partial charge on any atom is -0.505 e. The van der Waals surface area contributed by atoms with Crippen molar-refractivity contribution in [1.82, 2.24) is 0 Å². The van der Waals surface area contributed by atoms with Crippen molar-refractivity contribution in [2.45, 2.75) is 6.54 Å². The number of thiophene rings is 1. The van der Waals surface area contributed by atoms with Gasteiger partial charge in [-0.25, -0.2) is 0 Å². The zero-order chi connectivity index (χ0) is 12.4. The number of benzene rings is 1. The van der Waals surface area contributed by atoms with Crippen molar-refractivity contribution in [3.05, 3.63) is 43.0 Å². The quantitative estimate of drug-likeness (QED) is 0.750. The van der Waals surface area contributed by atoms with Crippen molar-refractivity contribution in [2.24, 2.45) is 0 Å². The van der Waals surface area contributed by atoms with E-state index in [9.17, 15) is 5.11 Å². The Labute approximate surface area is 121 Å². The number of rotatable bonds is 3. The van der Waals surface area contributed by atoms with Gasteiger partial charge in [0.15, 0.2) is 5.75 Å². The highest BCUT2D eigenvalue weighted by atomic mass is 79.9. The van der Waals surface area contributed by atoms with Crippen LogP contribution in [0.5, 0.6) is 5.75 Å². The third-order valence-corrected chi connectivity index (χ3v) is 4.31. The Morgan fingerprint density at radius 1 is 1.24 bits per heavy atom. The van der Waals surface area contributed by atoms with Crippen molar-refractivity contribution < 1.29 is 5.11 Å². The predicted molar refractivity (Wildman–Crippen MR) is 77.5 cm³/mol. The van der Waals surface area contributed by atoms with Crippen LogP contribution in [0.25, 0.3) is 0 Å². The molecular formula is C11H8BrCl2NOS. The van der Waals surface area contributed by atoms with E-state index in [0.717, 1.165) is 9.47 Å². The summed E-state index contributed by atoms with van der Waals surface area (Å²) < 4.78 is 1.09. The van der Waals surface area contributed by atoms with Crippen molar-refractivity contribution in [1.29, 1.82) is 0 Å². The standard InChI is InChI=1S/C11H8BrCl2NOS/c12-10-2-1-7(17-10)5-15-6-3-8(13)11(16)9(14)4-6/h1-4,15-16H,5H2. The number of phenols is 1. The molecule has 0 saturated carbocycles. The Balaban J connectivity index is 2.09. The number of nitrogens with one attached hydrogen (secondary N) is 1. The number of hydrogen-bond acceptors (Lipinski definition) is 3. The zero-order valence-corrected chi connectivity index (χ0v) is 12.4. The molecule has 0 saturated heterocycles. The molecule has 1 aromatic carbocycles. The van der Waals surface area contributed by atoms with Gasteiger partial charge in [-0.15, -0.1) is 11.3 Å². The Hall–Kier alpha value is -0.420. The molecule has 1 heterocycles. The molecule has 0 unspecified atom stereocenters. The highest BCUT2D eigenvalue weighted by molar-refractivity contribution is 9.11. The van der Waals surface area contributed by atoms with Crippen LogP contribution in [0.3, 0.4) is 0 Å². The molecule has 2 aromatic rings. The molecule has 0 amide bonds. The van der Waals surface area contributed by atoms with E-state index in [-0.39, 0.29) is 15.8 Å². The first kappa shape index (κ1) is 13.0. The molecule has 0 bridgehead atoms. The van der Waals surface area contributed by atoms with Crippen LogP contribution in [0, 0.1) is 0 Å². The monoisotopic (exact) mass is 351 g/mol. The summed E-state index contributed by atoms with van der Waals surface area (Å²) in [6.45, 7) is 0.688. The van der Waals surface area contributed by atoms with Crippen LogP contribution in [0.2, 0.25) is 10.0 Å². The summed E-state index contributed by atoms with van der Waals surface area (Å²) >= 11 is 16.7. The SMILES string of the molecule is Oc1c(Cl)cc(NCc2ccc(Br)s2)cc1Cl. The molecule has 0 radical (unpaired) electrons. The first-order valence-corrected chi connectivity index (χ1v) is 7.09. The summed E-state index contributed by atoms with van der Waals surface area (Å²) in [5, 5.41) is 13.1. The van der Waals surface area contributed by atoms with E-state index < -0.39 is 0 Å². The second-order valence-corrected chi connectivity index (χ2v) is 6.71. The molecule has 2 N–H and O–H groups in total. The average molecular weight is 353 g/mol. The minimum absolute atomic E-state index is 0.0854. The lowest BCUT2D eigenvalue weighted by molar-refractivity contribution is 0.476. The lowest BCUT2D eigenvalue weighted by atomic mass is 10.3. The molecule has 0 spiro atoms. The number of hydrogen-bond donors (Lipinski definition) is 2. The Morgan fingerprint density at radius 2 is 1.88 bits per heavy atom. The van der Waals surface area contributed by atoms with Gasteiger partial charge < -0.3 is 10.4 Å². The highest BCUT2D eigenvalue weighted by Gasteiger charge is 2.06. The predicted octanol–water partition coefficient (Wildman–Crippen LogP) is 5.14. The van der Waals surface area contributed by atoms with Gasteiger partial charge >= 0.3 is 0 Å². The summed E-state index contributed by atoms with van der Waals surface area (Å²) in [7, 11) is 0. The lowest BCUT2D eigenvalue weighted by Crippen LogP contribution is -1.97. The number of halogens is 3. The smallest absolute Gasteiger partial charge is 0.152 e. The van der Waals surface area contributed by atoms with Gasteiger partial charge in [0.05, 0.1) is 13.8 Å². The molecule has 0 aliphatic heterocycles. The average Bonchev–Trinajstić information content (AvgIpc) is 2.69. The maximum Gasteiger partial charge on any atom is 0.152 e. The fourth-order valence-corrected chi connectivity index (χ4v) is 3.21. The normalized spacial score (nSPS) is 10.5. The zero-order valence-electron chi connectivity index (χ0n) is 8.51.